The topological polar surface area (TPSA) is 100 Å². The minimum absolute atomic E-state index is 0.187. The van der Waals surface area contributed by atoms with Crippen LogP contribution in [0.1, 0.15) is 23.3 Å². The van der Waals surface area contributed by atoms with Crippen molar-refractivity contribution in [2.75, 3.05) is 18.0 Å². The number of hydrogen-bond acceptors (Lipinski definition) is 6. The smallest absolute Gasteiger partial charge is 0.414 e. The molecule has 0 spiro atoms. The van der Waals surface area contributed by atoms with Crippen molar-refractivity contribution < 1.29 is 23.5 Å². The highest BCUT2D eigenvalue weighted by atomic mass is 32.2. The average molecular weight is 442 g/mol. The standard InChI is InChI=1S/C21H19FN4O4S/c1-12(27)23-10-15-11-26(21(29)30-15)14-7-8-16(17(22)9-14)20-25-24-19(28)18(31-20)13-5-3-2-4-6-13/h2-9,15,18H,10-11H2,1H3,(H,23,27)(H,24,28). The van der Waals surface area contributed by atoms with E-state index in [1.54, 1.807) is 6.07 Å². The van der Waals surface area contributed by atoms with Crippen molar-refractivity contribution in [3.8, 4) is 0 Å². The maximum Gasteiger partial charge on any atom is 0.414 e. The van der Waals surface area contributed by atoms with Gasteiger partial charge in [0.1, 0.15) is 22.2 Å². The number of thioether (sulfide) groups is 1. The second-order valence-electron chi connectivity index (χ2n) is 7.02. The number of amides is 3. The van der Waals surface area contributed by atoms with Gasteiger partial charge in [0.15, 0.2) is 0 Å². The normalized spacial score (nSPS) is 20.7. The van der Waals surface area contributed by atoms with Crippen LogP contribution >= 0.6 is 11.8 Å². The van der Waals surface area contributed by atoms with Crippen LogP contribution in [0, 0.1) is 5.82 Å². The van der Waals surface area contributed by atoms with E-state index >= 15 is 0 Å². The number of carbonyl (C=O) groups is 3. The Hall–Kier alpha value is -3.40. The van der Waals surface area contributed by atoms with Gasteiger partial charge in [-0.15, -0.1) is 0 Å². The lowest BCUT2D eigenvalue weighted by molar-refractivity contribution is -0.121. The second-order valence-corrected chi connectivity index (χ2v) is 8.11. The van der Waals surface area contributed by atoms with Crippen LogP contribution in [-0.2, 0) is 14.3 Å². The van der Waals surface area contributed by atoms with Gasteiger partial charge in [-0.05, 0) is 23.8 Å². The van der Waals surface area contributed by atoms with Crippen molar-refractivity contribution in [1.82, 2.24) is 10.7 Å². The summed E-state index contributed by atoms with van der Waals surface area (Å²) in [5, 5.41) is 6.39. The number of nitrogens with one attached hydrogen (secondary N) is 2. The number of ether oxygens (including phenoxy) is 1. The van der Waals surface area contributed by atoms with Gasteiger partial charge in [-0.3, -0.25) is 14.5 Å². The van der Waals surface area contributed by atoms with Crippen molar-refractivity contribution >= 4 is 40.4 Å². The lowest BCUT2D eigenvalue weighted by Gasteiger charge is -2.22. The fourth-order valence-electron chi connectivity index (χ4n) is 3.27. The summed E-state index contributed by atoms with van der Waals surface area (Å²) >= 11 is 1.16. The Labute approximate surface area is 181 Å². The third-order valence-electron chi connectivity index (χ3n) is 4.79. The van der Waals surface area contributed by atoms with Gasteiger partial charge in [0, 0.05) is 12.5 Å². The summed E-state index contributed by atoms with van der Waals surface area (Å²) in [6.45, 7) is 1.76. The van der Waals surface area contributed by atoms with Gasteiger partial charge >= 0.3 is 6.09 Å². The second kappa shape index (κ2) is 8.76. The van der Waals surface area contributed by atoms with Crippen LogP contribution in [0.5, 0.6) is 0 Å². The van der Waals surface area contributed by atoms with Gasteiger partial charge in [0.25, 0.3) is 5.91 Å². The molecule has 2 unspecified atom stereocenters. The molecule has 160 valence electrons. The number of carbonyl (C=O) groups excluding carboxylic acids is 3. The maximum absolute atomic E-state index is 15.0. The number of rotatable bonds is 5. The van der Waals surface area contributed by atoms with E-state index in [9.17, 15) is 18.8 Å². The lowest BCUT2D eigenvalue weighted by atomic mass is 10.1. The number of cyclic esters (lactones) is 1. The molecule has 2 N–H and O–H groups in total. The lowest BCUT2D eigenvalue weighted by Crippen LogP contribution is -2.33. The molecule has 4 rings (SSSR count). The zero-order valence-corrected chi connectivity index (χ0v) is 17.3. The molecule has 1 fully saturated rings. The van der Waals surface area contributed by atoms with Gasteiger partial charge in [0.2, 0.25) is 5.91 Å². The van der Waals surface area contributed by atoms with E-state index in [0.717, 1.165) is 17.3 Å². The molecule has 2 aromatic rings. The van der Waals surface area contributed by atoms with Crippen LogP contribution in [0.25, 0.3) is 0 Å². The molecular formula is C21H19FN4O4S. The number of nitrogens with zero attached hydrogens (tertiary/aromatic N) is 2. The molecular weight excluding hydrogens is 423 g/mol. The molecule has 2 aliphatic rings. The highest BCUT2D eigenvalue weighted by Crippen LogP contribution is 2.36. The predicted octanol–water partition coefficient (Wildman–Crippen LogP) is 2.55. The van der Waals surface area contributed by atoms with Crippen LogP contribution < -0.4 is 15.6 Å². The molecule has 2 aliphatic heterocycles. The van der Waals surface area contributed by atoms with Crippen LogP contribution in [0.3, 0.4) is 0 Å². The van der Waals surface area contributed by atoms with Gasteiger partial charge in [-0.25, -0.2) is 14.6 Å². The quantitative estimate of drug-likeness (QED) is 0.741. The monoisotopic (exact) mass is 442 g/mol. The first-order valence-electron chi connectivity index (χ1n) is 9.54. The minimum Gasteiger partial charge on any atom is -0.442 e. The Morgan fingerprint density at radius 1 is 1.29 bits per heavy atom. The van der Waals surface area contributed by atoms with E-state index < -0.39 is 23.3 Å². The van der Waals surface area contributed by atoms with E-state index in [2.05, 4.69) is 15.8 Å². The summed E-state index contributed by atoms with van der Waals surface area (Å²) in [5.41, 5.74) is 3.80. The molecule has 0 radical (unpaired) electrons. The minimum atomic E-state index is -0.608. The number of anilines is 1. The first-order chi connectivity index (χ1) is 14.9. The summed E-state index contributed by atoms with van der Waals surface area (Å²) in [6.07, 6.45) is -1.12. The molecule has 2 aromatic carbocycles. The molecule has 10 heteroatoms. The van der Waals surface area contributed by atoms with Gasteiger partial charge in [0.05, 0.1) is 18.8 Å². The van der Waals surface area contributed by atoms with E-state index in [-0.39, 0.29) is 30.5 Å². The number of hydrazone groups is 1. The summed E-state index contributed by atoms with van der Waals surface area (Å²) in [5.74, 6) is -1.08. The van der Waals surface area contributed by atoms with E-state index in [0.29, 0.717) is 10.7 Å². The molecule has 1 saturated heterocycles. The Morgan fingerprint density at radius 2 is 2.06 bits per heavy atom. The molecule has 0 bridgehead atoms. The predicted molar refractivity (Wildman–Crippen MR) is 114 cm³/mol. The van der Waals surface area contributed by atoms with E-state index in [1.807, 2.05) is 30.3 Å². The van der Waals surface area contributed by atoms with Crippen LogP contribution in [0.15, 0.2) is 53.6 Å². The molecule has 2 heterocycles. The van der Waals surface area contributed by atoms with Crippen LogP contribution in [0.2, 0.25) is 0 Å². The van der Waals surface area contributed by atoms with E-state index in [1.165, 1.54) is 24.0 Å². The molecule has 2 atom stereocenters. The van der Waals surface area contributed by atoms with Gasteiger partial charge in [-0.1, -0.05) is 42.1 Å². The fourth-order valence-corrected chi connectivity index (χ4v) is 4.34. The van der Waals surface area contributed by atoms with Crippen LogP contribution in [0.4, 0.5) is 14.9 Å². The highest BCUT2D eigenvalue weighted by molar-refractivity contribution is 8.15. The molecule has 31 heavy (non-hydrogen) atoms. The van der Waals surface area contributed by atoms with Crippen molar-refractivity contribution in [2.24, 2.45) is 5.10 Å². The Morgan fingerprint density at radius 3 is 2.77 bits per heavy atom. The molecule has 0 saturated carbocycles. The third kappa shape index (κ3) is 4.53. The third-order valence-corrected chi connectivity index (χ3v) is 6.04. The first kappa shape index (κ1) is 20.9. The summed E-state index contributed by atoms with van der Waals surface area (Å²) in [7, 11) is 0. The van der Waals surface area contributed by atoms with Crippen molar-refractivity contribution in [3.05, 3.63) is 65.5 Å². The van der Waals surface area contributed by atoms with E-state index in [4.69, 9.17) is 4.74 Å². The SMILES string of the molecule is CC(=O)NCC1CN(c2ccc(C3=NNC(=O)C(c4ccccc4)S3)c(F)c2)C(=O)O1. The van der Waals surface area contributed by atoms with Crippen molar-refractivity contribution in [1.29, 1.82) is 0 Å². The summed E-state index contributed by atoms with van der Waals surface area (Å²) in [4.78, 5) is 36.7. The van der Waals surface area contributed by atoms with Gasteiger partial charge < -0.3 is 10.1 Å². The van der Waals surface area contributed by atoms with Gasteiger partial charge in [-0.2, -0.15) is 5.10 Å². The Kier molecular flexibility index (Phi) is 5.90. The number of benzene rings is 2. The first-order valence-corrected chi connectivity index (χ1v) is 10.4. The van der Waals surface area contributed by atoms with Crippen molar-refractivity contribution in [3.63, 3.8) is 0 Å². The fraction of sp³-hybridized carbons (Fsp3) is 0.238. The molecule has 0 aromatic heterocycles. The molecule has 8 nitrogen and oxygen atoms in total. The van der Waals surface area contributed by atoms with Crippen LogP contribution in [-0.4, -0.2) is 42.1 Å². The molecule has 0 aliphatic carbocycles. The summed E-state index contributed by atoms with van der Waals surface area (Å²) in [6, 6.07) is 13.5. The number of hydrogen-bond donors (Lipinski definition) is 2. The largest absolute Gasteiger partial charge is 0.442 e. The zero-order valence-electron chi connectivity index (χ0n) is 16.5. The number of halogens is 1. The van der Waals surface area contributed by atoms with Crippen molar-refractivity contribution in [2.45, 2.75) is 18.3 Å². The average Bonchev–Trinajstić information content (AvgIpc) is 3.14. The Balaban J connectivity index is 1.51. The summed E-state index contributed by atoms with van der Waals surface area (Å²) < 4.78 is 20.2. The molecule has 3 amide bonds. The Bertz CT molecular complexity index is 1060. The zero-order chi connectivity index (χ0) is 22.0. The maximum atomic E-state index is 15.0. The highest BCUT2D eigenvalue weighted by Gasteiger charge is 2.33.